The summed E-state index contributed by atoms with van der Waals surface area (Å²) in [5, 5.41) is 2.98. The Kier molecular flexibility index (Phi) is 5.73. The SMILES string of the molecule is Cc1ccccc1-n1c(C)cc(=O)c(C(=O)Nc2c(C)cccc2C)c1-c1ccccn1. The topological polar surface area (TPSA) is 64.0 Å². The maximum absolute atomic E-state index is 13.6. The van der Waals surface area contributed by atoms with Crippen LogP contribution in [-0.4, -0.2) is 15.5 Å². The van der Waals surface area contributed by atoms with Crippen LogP contribution >= 0.6 is 0 Å². The Bertz CT molecular complexity index is 1350. The summed E-state index contributed by atoms with van der Waals surface area (Å²) in [6, 6.07) is 20.7. The van der Waals surface area contributed by atoms with E-state index >= 15 is 0 Å². The predicted molar refractivity (Wildman–Crippen MR) is 129 cm³/mol. The largest absolute Gasteiger partial charge is 0.321 e. The van der Waals surface area contributed by atoms with E-state index in [1.54, 1.807) is 6.20 Å². The van der Waals surface area contributed by atoms with Gasteiger partial charge >= 0.3 is 0 Å². The number of nitrogens with zero attached hydrogens (tertiary/aromatic N) is 2. The second kappa shape index (κ2) is 8.63. The Balaban J connectivity index is 2.01. The van der Waals surface area contributed by atoms with Crippen LogP contribution < -0.4 is 10.7 Å². The van der Waals surface area contributed by atoms with Gasteiger partial charge in [0.25, 0.3) is 5.91 Å². The molecule has 2 heterocycles. The molecule has 0 aliphatic carbocycles. The molecule has 4 aromatic rings. The highest BCUT2D eigenvalue weighted by molar-refractivity contribution is 6.08. The molecule has 4 rings (SSSR count). The van der Waals surface area contributed by atoms with Crippen molar-refractivity contribution >= 4 is 11.6 Å². The summed E-state index contributed by atoms with van der Waals surface area (Å²) in [4.78, 5) is 31.3. The highest BCUT2D eigenvalue weighted by atomic mass is 16.2. The molecular weight excluding hydrogens is 398 g/mol. The molecule has 5 nitrogen and oxygen atoms in total. The molecule has 0 bridgehead atoms. The molecule has 5 heteroatoms. The number of nitrogens with one attached hydrogen (secondary N) is 1. The molecule has 0 unspecified atom stereocenters. The molecule has 0 radical (unpaired) electrons. The van der Waals surface area contributed by atoms with Crippen molar-refractivity contribution in [3.8, 4) is 17.1 Å². The average molecular weight is 424 g/mol. The first-order valence-electron chi connectivity index (χ1n) is 10.5. The summed E-state index contributed by atoms with van der Waals surface area (Å²) >= 11 is 0. The second-order valence-electron chi connectivity index (χ2n) is 7.93. The Morgan fingerprint density at radius 2 is 1.50 bits per heavy atom. The third-order valence-corrected chi connectivity index (χ3v) is 5.61. The van der Waals surface area contributed by atoms with Crippen molar-refractivity contribution in [3.63, 3.8) is 0 Å². The fourth-order valence-electron chi connectivity index (χ4n) is 4.01. The highest BCUT2D eigenvalue weighted by Crippen LogP contribution is 2.28. The maximum Gasteiger partial charge on any atom is 0.261 e. The number of hydrogen-bond donors (Lipinski definition) is 1. The fraction of sp³-hybridized carbons (Fsp3) is 0.148. The Morgan fingerprint density at radius 1 is 0.844 bits per heavy atom. The second-order valence-corrected chi connectivity index (χ2v) is 7.93. The van der Waals surface area contributed by atoms with Gasteiger partial charge in [-0.3, -0.25) is 14.6 Å². The van der Waals surface area contributed by atoms with Crippen LogP contribution in [0.5, 0.6) is 0 Å². The van der Waals surface area contributed by atoms with Gasteiger partial charge in [-0.25, -0.2) is 0 Å². The minimum atomic E-state index is -0.449. The number of anilines is 1. The number of carbonyl (C=O) groups is 1. The van der Waals surface area contributed by atoms with Crippen molar-refractivity contribution in [2.24, 2.45) is 0 Å². The zero-order chi connectivity index (χ0) is 22.8. The van der Waals surface area contributed by atoms with Crippen molar-refractivity contribution < 1.29 is 4.79 Å². The van der Waals surface area contributed by atoms with E-state index in [2.05, 4.69) is 10.3 Å². The lowest BCUT2D eigenvalue weighted by molar-refractivity contribution is 0.102. The quantitative estimate of drug-likeness (QED) is 0.479. The number of hydrogen-bond acceptors (Lipinski definition) is 3. The smallest absolute Gasteiger partial charge is 0.261 e. The van der Waals surface area contributed by atoms with Gasteiger partial charge in [0, 0.05) is 29.3 Å². The first-order chi connectivity index (χ1) is 15.4. The van der Waals surface area contributed by atoms with Gasteiger partial charge in [-0.2, -0.15) is 0 Å². The summed E-state index contributed by atoms with van der Waals surface area (Å²) in [7, 11) is 0. The molecule has 0 aliphatic rings. The standard InChI is InChI=1S/C27H25N3O2/c1-17-10-5-6-14-22(17)30-20(4)16-23(31)24(26(30)21-13-7-8-15-28-21)27(32)29-25-18(2)11-9-12-19(25)3/h5-16H,1-4H3,(H,29,32). The van der Waals surface area contributed by atoms with Crippen molar-refractivity contribution in [2.75, 3.05) is 5.32 Å². The number of carbonyl (C=O) groups excluding carboxylic acids is 1. The van der Waals surface area contributed by atoms with Crippen molar-refractivity contribution in [1.82, 2.24) is 9.55 Å². The van der Waals surface area contributed by atoms with Gasteiger partial charge < -0.3 is 9.88 Å². The van der Waals surface area contributed by atoms with Gasteiger partial charge in [0.2, 0.25) is 0 Å². The van der Waals surface area contributed by atoms with Crippen LogP contribution in [0.25, 0.3) is 17.1 Å². The molecule has 0 spiro atoms. The van der Waals surface area contributed by atoms with Crippen LogP contribution in [0.1, 0.15) is 32.7 Å². The third-order valence-electron chi connectivity index (χ3n) is 5.61. The van der Waals surface area contributed by atoms with E-state index in [9.17, 15) is 9.59 Å². The van der Waals surface area contributed by atoms with Gasteiger partial charge in [-0.1, -0.05) is 42.5 Å². The summed E-state index contributed by atoms with van der Waals surface area (Å²) in [5.74, 6) is -0.449. The molecule has 1 N–H and O–H groups in total. The molecule has 0 atom stereocenters. The zero-order valence-corrected chi connectivity index (χ0v) is 18.6. The third kappa shape index (κ3) is 3.85. The van der Waals surface area contributed by atoms with Crippen LogP contribution in [0.3, 0.4) is 0 Å². The summed E-state index contributed by atoms with van der Waals surface area (Å²) in [6.07, 6.45) is 1.66. The van der Waals surface area contributed by atoms with Crippen LogP contribution in [0, 0.1) is 27.7 Å². The predicted octanol–water partition coefficient (Wildman–Crippen LogP) is 5.39. The lowest BCUT2D eigenvalue weighted by atomic mass is 10.0. The van der Waals surface area contributed by atoms with Gasteiger partial charge in [0.15, 0.2) is 5.43 Å². The molecule has 160 valence electrons. The number of para-hydroxylation sites is 2. The monoisotopic (exact) mass is 423 g/mol. The molecule has 0 aliphatic heterocycles. The highest BCUT2D eigenvalue weighted by Gasteiger charge is 2.24. The van der Waals surface area contributed by atoms with Crippen molar-refractivity contribution in [2.45, 2.75) is 27.7 Å². The maximum atomic E-state index is 13.6. The number of benzene rings is 2. The molecule has 0 saturated heterocycles. The number of aromatic nitrogens is 2. The lowest BCUT2D eigenvalue weighted by Gasteiger charge is -2.21. The molecule has 0 saturated carbocycles. The van der Waals surface area contributed by atoms with Crippen molar-refractivity contribution in [1.29, 1.82) is 0 Å². The first-order valence-corrected chi connectivity index (χ1v) is 10.5. The Labute approximate surface area is 187 Å². The molecule has 0 fully saturated rings. The summed E-state index contributed by atoms with van der Waals surface area (Å²) in [6.45, 7) is 7.74. The van der Waals surface area contributed by atoms with Crippen LogP contribution in [0.2, 0.25) is 0 Å². The molecule has 2 aromatic carbocycles. The van der Waals surface area contributed by atoms with Gasteiger partial charge in [0.1, 0.15) is 5.56 Å². The van der Waals surface area contributed by atoms with E-state index in [4.69, 9.17) is 0 Å². The number of aryl methyl sites for hydroxylation is 4. The minimum Gasteiger partial charge on any atom is -0.321 e. The molecule has 1 amide bonds. The van der Waals surface area contributed by atoms with Crippen LogP contribution in [0.4, 0.5) is 5.69 Å². The Hall–Kier alpha value is -3.99. The van der Waals surface area contributed by atoms with Gasteiger partial charge in [-0.05, 0) is 62.6 Å². The van der Waals surface area contributed by atoms with E-state index in [0.717, 1.165) is 28.1 Å². The van der Waals surface area contributed by atoms with Crippen LogP contribution in [-0.2, 0) is 0 Å². The summed E-state index contributed by atoms with van der Waals surface area (Å²) < 4.78 is 1.94. The van der Waals surface area contributed by atoms with Crippen molar-refractivity contribution in [3.05, 3.63) is 111 Å². The van der Waals surface area contributed by atoms with E-state index in [0.29, 0.717) is 17.1 Å². The summed E-state index contributed by atoms with van der Waals surface area (Å²) in [5.41, 5.74) is 6.01. The molecule has 32 heavy (non-hydrogen) atoms. The van der Waals surface area contributed by atoms with E-state index in [-0.39, 0.29) is 11.0 Å². The molecular formula is C27H25N3O2. The van der Waals surface area contributed by atoms with Gasteiger partial charge in [-0.15, -0.1) is 0 Å². The van der Waals surface area contributed by atoms with Crippen LogP contribution in [0.15, 0.2) is 77.7 Å². The minimum absolute atomic E-state index is 0.0696. The first kappa shape index (κ1) is 21.2. The lowest BCUT2D eigenvalue weighted by Crippen LogP contribution is -2.27. The fourth-order valence-corrected chi connectivity index (χ4v) is 4.01. The van der Waals surface area contributed by atoms with E-state index in [1.165, 1.54) is 6.07 Å². The zero-order valence-electron chi connectivity index (χ0n) is 18.6. The van der Waals surface area contributed by atoms with E-state index in [1.807, 2.05) is 92.9 Å². The normalized spacial score (nSPS) is 10.8. The van der Waals surface area contributed by atoms with E-state index < -0.39 is 5.91 Å². The molecule has 2 aromatic heterocycles. The Morgan fingerprint density at radius 3 is 2.16 bits per heavy atom. The number of amides is 1. The number of pyridine rings is 2. The van der Waals surface area contributed by atoms with Gasteiger partial charge in [0.05, 0.1) is 11.4 Å². The average Bonchev–Trinajstić information content (AvgIpc) is 2.77. The number of rotatable bonds is 4.